The highest BCUT2D eigenvalue weighted by atomic mass is 16.6. The molecule has 0 aliphatic carbocycles. The number of anilines is 2. The smallest absolute Gasteiger partial charge is 0.279 e. The number of carbonyl (C=O) groups is 1. The fraction of sp³-hybridized carbons (Fsp3) is 0.227. The SMILES string of the molecule is Cc1c(C(=O)Nc2nc3ccccc3nc2N2CCCC2)nnn1-c1cccc([N+](=O)[O-])c1. The third-order valence-electron chi connectivity index (χ3n) is 5.58. The lowest BCUT2D eigenvalue weighted by Gasteiger charge is -2.20. The lowest BCUT2D eigenvalue weighted by molar-refractivity contribution is -0.384. The number of fused-ring (bicyclic) bond motifs is 1. The number of benzene rings is 2. The number of hydrogen-bond donors (Lipinski definition) is 1. The zero-order valence-electron chi connectivity index (χ0n) is 17.8. The van der Waals surface area contributed by atoms with Gasteiger partial charge in [0.05, 0.1) is 27.3 Å². The number of rotatable bonds is 5. The van der Waals surface area contributed by atoms with E-state index in [0.29, 0.717) is 28.5 Å². The van der Waals surface area contributed by atoms with E-state index >= 15 is 0 Å². The van der Waals surface area contributed by atoms with Crippen molar-refractivity contribution in [2.24, 2.45) is 0 Å². The van der Waals surface area contributed by atoms with Gasteiger partial charge in [-0.2, -0.15) is 0 Å². The molecule has 0 unspecified atom stereocenters. The summed E-state index contributed by atoms with van der Waals surface area (Å²) in [6.07, 6.45) is 2.11. The second-order valence-electron chi connectivity index (χ2n) is 7.75. The number of hydrogen-bond acceptors (Lipinski definition) is 8. The second-order valence-corrected chi connectivity index (χ2v) is 7.75. The summed E-state index contributed by atoms with van der Waals surface area (Å²) < 4.78 is 1.40. The van der Waals surface area contributed by atoms with Gasteiger partial charge in [-0.05, 0) is 38.0 Å². The zero-order chi connectivity index (χ0) is 22.9. The topological polar surface area (TPSA) is 132 Å². The number of amides is 1. The van der Waals surface area contributed by atoms with Crippen molar-refractivity contribution in [2.45, 2.75) is 19.8 Å². The predicted molar refractivity (Wildman–Crippen MR) is 122 cm³/mol. The lowest BCUT2D eigenvalue weighted by atomic mass is 10.2. The quantitative estimate of drug-likeness (QED) is 0.366. The first-order valence-electron chi connectivity index (χ1n) is 10.5. The molecule has 5 rings (SSSR count). The fourth-order valence-electron chi connectivity index (χ4n) is 3.91. The Balaban J connectivity index is 1.49. The maximum Gasteiger partial charge on any atom is 0.279 e. The van der Waals surface area contributed by atoms with Crippen LogP contribution in [-0.2, 0) is 0 Å². The van der Waals surface area contributed by atoms with E-state index in [1.165, 1.54) is 16.8 Å². The van der Waals surface area contributed by atoms with Gasteiger partial charge in [0.1, 0.15) is 0 Å². The third-order valence-corrected chi connectivity index (χ3v) is 5.58. The van der Waals surface area contributed by atoms with Crippen LogP contribution in [-0.4, -0.2) is 48.9 Å². The Morgan fingerprint density at radius 3 is 2.52 bits per heavy atom. The third kappa shape index (κ3) is 3.84. The molecule has 1 aliphatic rings. The van der Waals surface area contributed by atoms with Gasteiger partial charge in [0.2, 0.25) is 0 Å². The van der Waals surface area contributed by atoms with Crippen LogP contribution in [0.15, 0.2) is 48.5 Å². The van der Waals surface area contributed by atoms with Crippen LogP contribution in [0.5, 0.6) is 0 Å². The summed E-state index contributed by atoms with van der Waals surface area (Å²) in [5, 5.41) is 22.0. The van der Waals surface area contributed by atoms with Crippen LogP contribution in [0.3, 0.4) is 0 Å². The molecular formula is C22H20N8O3. The van der Waals surface area contributed by atoms with Crippen molar-refractivity contribution in [3.05, 3.63) is 70.0 Å². The van der Waals surface area contributed by atoms with E-state index in [-0.39, 0.29) is 11.4 Å². The highest BCUT2D eigenvalue weighted by molar-refractivity contribution is 6.05. The van der Waals surface area contributed by atoms with Crippen LogP contribution in [0.4, 0.5) is 17.3 Å². The first-order valence-corrected chi connectivity index (χ1v) is 10.5. The molecule has 1 aliphatic heterocycles. The van der Waals surface area contributed by atoms with Crippen molar-refractivity contribution in [2.75, 3.05) is 23.3 Å². The molecule has 33 heavy (non-hydrogen) atoms. The average molecular weight is 444 g/mol. The van der Waals surface area contributed by atoms with Gasteiger partial charge in [0, 0.05) is 25.2 Å². The molecule has 1 amide bonds. The van der Waals surface area contributed by atoms with E-state index in [4.69, 9.17) is 4.98 Å². The van der Waals surface area contributed by atoms with Crippen molar-refractivity contribution in [3.63, 3.8) is 0 Å². The average Bonchev–Trinajstić information content (AvgIpc) is 3.49. The van der Waals surface area contributed by atoms with Crippen molar-refractivity contribution in [1.82, 2.24) is 25.0 Å². The van der Waals surface area contributed by atoms with E-state index in [9.17, 15) is 14.9 Å². The number of nitrogens with one attached hydrogen (secondary N) is 1. The predicted octanol–water partition coefficient (Wildman–Crippen LogP) is 3.28. The van der Waals surface area contributed by atoms with Crippen LogP contribution < -0.4 is 10.2 Å². The maximum absolute atomic E-state index is 13.1. The maximum atomic E-state index is 13.1. The van der Waals surface area contributed by atoms with Gasteiger partial charge in [-0.3, -0.25) is 14.9 Å². The molecule has 1 N–H and O–H groups in total. The summed E-state index contributed by atoms with van der Waals surface area (Å²) in [5.41, 5.74) is 2.35. The highest BCUT2D eigenvalue weighted by Crippen LogP contribution is 2.28. The van der Waals surface area contributed by atoms with E-state index in [1.54, 1.807) is 19.1 Å². The molecule has 0 atom stereocenters. The Hall–Kier alpha value is -4.41. The minimum absolute atomic E-state index is 0.0740. The number of carbonyl (C=O) groups excluding carboxylic acids is 1. The largest absolute Gasteiger partial charge is 0.354 e. The Labute approximate surface area is 188 Å². The number of non-ortho nitro benzene ring substituents is 1. The summed E-state index contributed by atoms with van der Waals surface area (Å²) in [6, 6.07) is 13.5. The Kier molecular flexibility index (Phi) is 5.13. The summed E-state index contributed by atoms with van der Waals surface area (Å²) in [6.45, 7) is 3.37. The van der Waals surface area contributed by atoms with Gasteiger partial charge in [-0.1, -0.05) is 23.4 Å². The summed E-state index contributed by atoms with van der Waals surface area (Å²) >= 11 is 0. The number of nitro benzene ring substituents is 1. The number of aromatic nitrogens is 5. The van der Waals surface area contributed by atoms with Crippen LogP contribution in [0.1, 0.15) is 29.0 Å². The first kappa shape index (κ1) is 20.5. The Morgan fingerprint density at radius 2 is 1.79 bits per heavy atom. The van der Waals surface area contributed by atoms with Crippen LogP contribution in [0.2, 0.25) is 0 Å². The fourth-order valence-corrected chi connectivity index (χ4v) is 3.91. The first-order chi connectivity index (χ1) is 16.0. The standard InChI is InChI=1S/C22H20N8O3/c1-14-19(26-27-29(14)15-7-6-8-16(13-15)30(32)33)22(31)25-20-21(28-11-4-5-12-28)24-18-10-3-2-9-17(18)23-20/h2-3,6-10,13H,4-5,11-12H2,1H3,(H,23,25,31). The molecule has 0 saturated carbocycles. The van der Waals surface area contributed by atoms with Crippen molar-refractivity contribution >= 4 is 34.3 Å². The molecule has 3 heterocycles. The van der Waals surface area contributed by atoms with E-state index < -0.39 is 10.8 Å². The minimum atomic E-state index is -0.484. The van der Waals surface area contributed by atoms with Gasteiger partial charge in [0.25, 0.3) is 11.6 Å². The monoisotopic (exact) mass is 444 g/mol. The van der Waals surface area contributed by atoms with Crippen molar-refractivity contribution in [1.29, 1.82) is 0 Å². The summed E-state index contributed by atoms with van der Waals surface area (Å²) in [7, 11) is 0. The molecular weight excluding hydrogens is 424 g/mol. The second kappa shape index (κ2) is 8.26. The van der Waals surface area contributed by atoms with E-state index in [2.05, 4.69) is 25.5 Å². The highest BCUT2D eigenvalue weighted by Gasteiger charge is 2.24. The zero-order valence-corrected chi connectivity index (χ0v) is 17.8. The molecule has 2 aromatic heterocycles. The Morgan fingerprint density at radius 1 is 1.06 bits per heavy atom. The number of para-hydroxylation sites is 2. The van der Waals surface area contributed by atoms with Gasteiger partial charge < -0.3 is 10.2 Å². The molecule has 0 spiro atoms. The van der Waals surface area contributed by atoms with Crippen LogP contribution in [0.25, 0.3) is 16.7 Å². The van der Waals surface area contributed by atoms with Gasteiger partial charge in [-0.25, -0.2) is 14.6 Å². The Bertz CT molecular complexity index is 1380. The van der Waals surface area contributed by atoms with Gasteiger partial charge >= 0.3 is 0 Å². The van der Waals surface area contributed by atoms with E-state index in [0.717, 1.165) is 31.4 Å². The molecule has 2 aromatic carbocycles. The van der Waals surface area contributed by atoms with Gasteiger partial charge in [-0.15, -0.1) is 5.10 Å². The van der Waals surface area contributed by atoms with Crippen molar-refractivity contribution in [3.8, 4) is 5.69 Å². The molecule has 11 heteroatoms. The van der Waals surface area contributed by atoms with Gasteiger partial charge in [0.15, 0.2) is 17.3 Å². The van der Waals surface area contributed by atoms with E-state index in [1.807, 2.05) is 24.3 Å². The molecule has 1 fully saturated rings. The molecule has 4 aromatic rings. The summed E-state index contributed by atoms with van der Waals surface area (Å²) in [5.74, 6) is 0.516. The van der Waals surface area contributed by atoms with Crippen LogP contribution >= 0.6 is 0 Å². The molecule has 11 nitrogen and oxygen atoms in total. The molecule has 1 saturated heterocycles. The number of nitro groups is 1. The summed E-state index contributed by atoms with van der Waals surface area (Å²) in [4.78, 5) is 35.3. The molecule has 0 bridgehead atoms. The van der Waals surface area contributed by atoms with Crippen molar-refractivity contribution < 1.29 is 9.72 Å². The molecule has 166 valence electrons. The minimum Gasteiger partial charge on any atom is -0.354 e. The normalized spacial score (nSPS) is 13.4. The number of nitrogens with zero attached hydrogens (tertiary/aromatic N) is 7. The van der Waals surface area contributed by atoms with Crippen LogP contribution in [0, 0.1) is 17.0 Å². The lowest BCUT2D eigenvalue weighted by Crippen LogP contribution is -2.24. The molecule has 0 radical (unpaired) electrons.